The minimum absolute atomic E-state index is 0.126. The van der Waals surface area contributed by atoms with Gasteiger partial charge in [0.05, 0.1) is 5.69 Å². The summed E-state index contributed by atoms with van der Waals surface area (Å²) in [6.45, 7) is 6.32. The van der Waals surface area contributed by atoms with Crippen LogP contribution in [0.25, 0.3) is 0 Å². The van der Waals surface area contributed by atoms with Crippen LogP contribution in [0.5, 0.6) is 0 Å². The third kappa shape index (κ3) is 2.66. The lowest BCUT2D eigenvalue weighted by Gasteiger charge is -2.07. The topological polar surface area (TPSA) is 72.9 Å². The normalized spacial score (nSPS) is 10.6. The van der Waals surface area contributed by atoms with Crippen molar-refractivity contribution >= 4 is 11.6 Å². The zero-order valence-electron chi connectivity index (χ0n) is 12.3. The number of anilines is 1. The summed E-state index contributed by atoms with van der Waals surface area (Å²) in [4.78, 5) is 12.1. The first kappa shape index (κ1) is 14.1. The molecule has 1 aromatic carbocycles. The highest BCUT2D eigenvalue weighted by molar-refractivity contribution is 5.95. The Morgan fingerprint density at radius 1 is 1.35 bits per heavy atom. The monoisotopic (exact) mass is 272 g/mol. The maximum Gasteiger partial charge on any atom is 0.251 e. The average molecular weight is 272 g/mol. The molecule has 2 rings (SSSR count). The van der Waals surface area contributed by atoms with Crippen molar-refractivity contribution < 1.29 is 4.79 Å². The van der Waals surface area contributed by atoms with Crippen molar-refractivity contribution in [3.05, 3.63) is 46.3 Å². The molecule has 0 spiro atoms. The molecule has 1 heterocycles. The van der Waals surface area contributed by atoms with Gasteiger partial charge in [-0.2, -0.15) is 5.10 Å². The molecular formula is C15H20N4O. The Bertz CT molecular complexity index is 658. The second-order valence-electron chi connectivity index (χ2n) is 5.03. The Morgan fingerprint density at radius 2 is 2.05 bits per heavy atom. The number of carbonyl (C=O) groups is 1. The molecule has 1 aromatic heterocycles. The highest BCUT2D eigenvalue weighted by Gasteiger charge is 2.12. The SMILES string of the molecule is Cc1ccc(C(=O)NCc2c(C)nn(C)c2C)cc1N. The molecule has 3 N–H and O–H groups in total. The van der Waals surface area contributed by atoms with Gasteiger partial charge in [-0.25, -0.2) is 0 Å². The maximum absolute atomic E-state index is 12.1. The molecule has 2 aromatic rings. The smallest absolute Gasteiger partial charge is 0.251 e. The van der Waals surface area contributed by atoms with Crippen LogP contribution >= 0.6 is 0 Å². The first-order valence-corrected chi connectivity index (χ1v) is 6.53. The van der Waals surface area contributed by atoms with E-state index in [1.807, 2.05) is 38.6 Å². The number of nitrogens with one attached hydrogen (secondary N) is 1. The summed E-state index contributed by atoms with van der Waals surface area (Å²) in [5.74, 6) is -0.126. The van der Waals surface area contributed by atoms with Crippen molar-refractivity contribution in [2.24, 2.45) is 7.05 Å². The second-order valence-corrected chi connectivity index (χ2v) is 5.03. The first-order valence-electron chi connectivity index (χ1n) is 6.53. The van der Waals surface area contributed by atoms with E-state index in [9.17, 15) is 4.79 Å². The molecule has 0 atom stereocenters. The second kappa shape index (κ2) is 5.36. The van der Waals surface area contributed by atoms with Gasteiger partial charge in [0.1, 0.15) is 0 Å². The molecule has 0 aliphatic carbocycles. The molecule has 0 saturated heterocycles. The fraction of sp³-hybridized carbons (Fsp3) is 0.333. The summed E-state index contributed by atoms with van der Waals surface area (Å²) in [5, 5.41) is 7.24. The molecule has 0 unspecified atom stereocenters. The van der Waals surface area contributed by atoms with E-state index >= 15 is 0 Å². The van der Waals surface area contributed by atoms with Crippen LogP contribution in [0.2, 0.25) is 0 Å². The number of benzene rings is 1. The van der Waals surface area contributed by atoms with E-state index < -0.39 is 0 Å². The quantitative estimate of drug-likeness (QED) is 0.838. The van der Waals surface area contributed by atoms with Gasteiger partial charge in [0.25, 0.3) is 5.91 Å². The van der Waals surface area contributed by atoms with Crippen molar-refractivity contribution in [3.63, 3.8) is 0 Å². The van der Waals surface area contributed by atoms with E-state index in [2.05, 4.69) is 10.4 Å². The van der Waals surface area contributed by atoms with Gasteiger partial charge in [0.15, 0.2) is 0 Å². The highest BCUT2D eigenvalue weighted by atomic mass is 16.1. The summed E-state index contributed by atoms with van der Waals surface area (Å²) in [6.07, 6.45) is 0. The van der Waals surface area contributed by atoms with Crippen LogP contribution in [0.3, 0.4) is 0 Å². The number of hydrogen-bond acceptors (Lipinski definition) is 3. The molecule has 20 heavy (non-hydrogen) atoms. The van der Waals surface area contributed by atoms with Gasteiger partial charge in [-0.15, -0.1) is 0 Å². The summed E-state index contributed by atoms with van der Waals surface area (Å²) < 4.78 is 1.82. The van der Waals surface area contributed by atoms with Gasteiger partial charge in [0, 0.05) is 36.1 Å². The summed E-state index contributed by atoms with van der Waals surface area (Å²) in [7, 11) is 1.90. The number of nitrogens with zero attached hydrogens (tertiary/aromatic N) is 2. The number of rotatable bonds is 3. The zero-order chi connectivity index (χ0) is 14.9. The minimum Gasteiger partial charge on any atom is -0.398 e. The number of nitrogen functional groups attached to an aromatic ring is 1. The molecular weight excluding hydrogens is 252 g/mol. The first-order chi connectivity index (χ1) is 9.40. The van der Waals surface area contributed by atoms with Crippen LogP contribution in [0.1, 0.15) is 32.9 Å². The Hall–Kier alpha value is -2.30. The van der Waals surface area contributed by atoms with E-state index in [0.29, 0.717) is 17.8 Å². The molecule has 1 amide bonds. The summed E-state index contributed by atoms with van der Waals surface area (Å²) in [5.41, 5.74) is 11.1. The maximum atomic E-state index is 12.1. The molecule has 0 bridgehead atoms. The Labute approximate surface area is 118 Å². The molecule has 0 saturated carbocycles. The van der Waals surface area contributed by atoms with Crippen LogP contribution in [0.15, 0.2) is 18.2 Å². The predicted molar refractivity (Wildman–Crippen MR) is 79.4 cm³/mol. The lowest BCUT2D eigenvalue weighted by Crippen LogP contribution is -2.23. The van der Waals surface area contributed by atoms with Crippen LogP contribution in [-0.2, 0) is 13.6 Å². The van der Waals surface area contributed by atoms with E-state index in [1.165, 1.54) is 0 Å². The van der Waals surface area contributed by atoms with Gasteiger partial charge in [-0.05, 0) is 38.5 Å². The van der Waals surface area contributed by atoms with E-state index in [0.717, 1.165) is 22.5 Å². The van der Waals surface area contributed by atoms with Crippen molar-refractivity contribution in [1.82, 2.24) is 15.1 Å². The lowest BCUT2D eigenvalue weighted by atomic mass is 10.1. The van der Waals surface area contributed by atoms with Crippen LogP contribution in [-0.4, -0.2) is 15.7 Å². The number of aromatic nitrogens is 2. The Balaban J connectivity index is 2.10. The number of carbonyl (C=O) groups excluding carboxylic acids is 1. The van der Waals surface area contributed by atoms with Crippen molar-refractivity contribution in [2.75, 3.05) is 5.73 Å². The molecule has 5 heteroatoms. The largest absolute Gasteiger partial charge is 0.398 e. The van der Waals surface area contributed by atoms with Gasteiger partial charge >= 0.3 is 0 Å². The molecule has 5 nitrogen and oxygen atoms in total. The predicted octanol–water partition coefficient (Wildman–Crippen LogP) is 1.86. The number of amides is 1. The van der Waals surface area contributed by atoms with Gasteiger partial charge in [0.2, 0.25) is 0 Å². The highest BCUT2D eigenvalue weighted by Crippen LogP contribution is 2.14. The molecule has 0 radical (unpaired) electrons. The number of aryl methyl sites for hydroxylation is 3. The van der Waals surface area contributed by atoms with Crippen molar-refractivity contribution in [2.45, 2.75) is 27.3 Å². The summed E-state index contributed by atoms with van der Waals surface area (Å²) in [6, 6.07) is 5.34. The molecule has 0 fully saturated rings. The minimum atomic E-state index is -0.126. The van der Waals surface area contributed by atoms with Crippen LogP contribution < -0.4 is 11.1 Å². The Morgan fingerprint density at radius 3 is 2.60 bits per heavy atom. The van der Waals surface area contributed by atoms with Gasteiger partial charge in [-0.3, -0.25) is 9.48 Å². The van der Waals surface area contributed by atoms with Gasteiger partial charge in [-0.1, -0.05) is 6.07 Å². The number of nitrogens with two attached hydrogens (primary N) is 1. The zero-order valence-corrected chi connectivity index (χ0v) is 12.3. The number of hydrogen-bond donors (Lipinski definition) is 2. The van der Waals surface area contributed by atoms with Crippen molar-refractivity contribution in [1.29, 1.82) is 0 Å². The molecule has 0 aliphatic rings. The van der Waals surface area contributed by atoms with Gasteiger partial charge < -0.3 is 11.1 Å². The van der Waals surface area contributed by atoms with E-state index in [1.54, 1.807) is 12.1 Å². The Kier molecular flexibility index (Phi) is 3.79. The van der Waals surface area contributed by atoms with E-state index in [4.69, 9.17) is 5.73 Å². The molecule has 0 aliphatic heterocycles. The fourth-order valence-electron chi connectivity index (χ4n) is 2.13. The third-order valence-corrected chi connectivity index (χ3v) is 3.63. The standard InChI is InChI=1S/C15H20N4O/c1-9-5-6-12(7-14(9)16)15(20)17-8-13-10(2)18-19(4)11(13)3/h5-7H,8,16H2,1-4H3,(H,17,20). The average Bonchev–Trinajstić information content (AvgIpc) is 2.64. The summed E-state index contributed by atoms with van der Waals surface area (Å²) >= 11 is 0. The fourth-order valence-corrected chi connectivity index (χ4v) is 2.13. The third-order valence-electron chi connectivity index (χ3n) is 3.63. The van der Waals surface area contributed by atoms with Crippen LogP contribution in [0, 0.1) is 20.8 Å². The lowest BCUT2D eigenvalue weighted by molar-refractivity contribution is 0.0951. The molecule has 106 valence electrons. The van der Waals surface area contributed by atoms with Crippen LogP contribution in [0.4, 0.5) is 5.69 Å². The van der Waals surface area contributed by atoms with Crippen molar-refractivity contribution in [3.8, 4) is 0 Å². The van der Waals surface area contributed by atoms with E-state index in [-0.39, 0.29) is 5.91 Å².